The van der Waals surface area contributed by atoms with Gasteiger partial charge in [-0.15, -0.1) is 0 Å². The smallest absolute Gasteiger partial charge is 0.266 e. The predicted molar refractivity (Wildman–Crippen MR) is 114 cm³/mol. The van der Waals surface area contributed by atoms with Crippen molar-refractivity contribution in [3.63, 3.8) is 0 Å². The molecule has 1 fully saturated rings. The van der Waals surface area contributed by atoms with Crippen LogP contribution in [0.3, 0.4) is 0 Å². The number of amides is 5. The van der Waals surface area contributed by atoms with Crippen molar-refractivity contribution in [1.82, 2.24) is 15.5 Å². The third kappa shape index (κ3) is 5.31. The maximum Gasteiger partial charge on any atom is 0.266 e. The van der Waals surface area contributed by atoms with Crippen LogP contribution in [0.4, 0.5) is 0 Å². The molecule has 0 bridgehead atoms. The summed E-state index contributed by atoms with van der Waals surface area (Å²) in [6, 6.07) is 3.47. The minimum absolute atomic E-state index is 0.0236. The van der Waals surface area contributed by atoms with Crippen LogP contribution in [0.15, 0.2) is 18.2 Å². The van der Waals surface area contributed by atoms with Crippen molar-refractivity contribution in [3.8, 4) is 5.75 Å². The lowest BCUT2D eigenvalue weighted by Gasteiger charge is -2.23. The Hall–Kier alpha value is -3.27. The number of nitrogens with two attached hydrogens (primary N) is 1. The maximum atomic E-state index is 13.1. The first-order valence-electron chi connectivity index (χ1n) is 10.9. The van der Waals surface area contributed by atoms with Crippen molar-refractivity contribution < 1.29 is 28.7 Å². The first-order chi connectivity index (χ1) is 15.4. The summed E-state index contributed by atoms with van der Waals surface area (Å²) in [7, 11) is 0. The van der Waals surface area contributed by atoms with Crippen molar-refractivity contribution in [3.05, 3.63) is 29.3 Å². The minimum Gasteiger partial charge on any atom is -0.483 e. The van der Waals surface area contributed by atoms with E-state index >= 15 is 0 Å². The van der Waals surface area contributed by atoms with Crippen molar-refractivity contribution in [2.75, 3.05) is 19.7 Å². The molecule has 2 aliphatic heterocycles. The number of imide groups is 2. The number of nitrogens with one attached hydrogen (secondary N) is 2. The number of hydrogen-bond acceptors (Lipinski definition) is 7. The average Bonchev–Trinajstić information content (AvgIpc) is 2.90. The van der Waals surface area contributed by atoms with Crippen molar-refractivity contribution in [2.24, 2.45) is 5.73 Å². The van der Waals surface area contributed by atoms with Crippen LogP contribution in [0.25, 0.3) is 0 Å². The number of hydrogen-bond donors (Lipinski definition) is 3. The van der Waals surface area contributed by atoms with Crippen LogP contribution in [0, 0.1) is 0 Å². The Balaban J connectivity index is 1.63. The summed E-state index contributed by atoms with van der Waals surface area (Å²) in [5.74, 6) is -2.62. The highest BCUT2D eigenvalue weighted by molar-refractivity contribution is 6.24. The molecule has 32 heavy (non-hydrogen) atoms. The van der Waals surface area contributed by atoms with Crippen molar-refractivity contribution in [2.45, 2.75) is 51.0 Å². The van der Waals surface area contributed by atoms with Gasteiger partial charge in [0.15, 0.2) is 6.61 Å². The van der Waals surface area contributed by atoms with E-state index in [9.17, 15) is 24.0 Å². The topological polar surface area (TPSA) is 148 Å². The van der Waals surface area contributed by atoms with Crippen molar-refractivity contribution >= 4 is 29.5 Å². The lowest BCUT2D eigenvalue weighted by Crippen LogP contribution is -2.49. The van der Waals surface area contributed by atoms with Gasteiger partial charge in [0.2, 0.25) is 11.8 Å². The van der Waals surface area contributed by atoms with Crippen LogP contribution >= 0.6 is 0 Å². The SMILES string of the molecule is NCCCCCCNC(=O)COc1cccc2c1C(=O)N(C1CCCC(=O)NC1=O)C2=O. The van der Waals surface area contributed by atoms with E-state index in [0.29, 0.717) is 19.5 Å². The monoisotopic (exact) mass is 444 g/mol. The van der Waals surface area contributed by atoms with Gasteiger partial charge < -0.3 is 15.8 Å². The van der Waals surface area contributed by atoms with E-state index in [1.54, 1.807) is 6.07 Å². The van der Waals surface area contributed by atoms with Crippen LogP contribution in [-0.2, 0) is 14.4 Å². The second-order valence-electron chi connectivity index (χ2n) is 7.82. The highest BCUT2D eigenvalue weighted by Crippen LogP contribution is 2.33. The van der Waals surface area contributed by atoms with Gasteiger partial charge in [-0.1, -0.05) is 18.9 Å². The number of rotatable bonds is 10. The van der Waals surface area contributed by atoms with E-state index in [2.05, 4.69) is 10.6 Å². The standard InChI is InChI=1S/C22H28N4O6/c23-11-3-1-2-4-12-24-18(28)13-32-16-9-5-7-14-19(16)22(31)26(21(14)30)15-8-6-10-17(27)25-20(15)29/h5,7,9,15H,1-4,6,8,10-13,23H2,(H,24,28)(H,25,27,29). The molecule has 0 spiro atoms. The van der Waals surface area contributed by atoms with Gasteiger partial charge in [0.25, 0.3) is 17.7 Å². The molecule has 2 aliphatic rings. The first kappa shape index (κ1) is 23.4. The number of nitrogens with zero attached hydrogens (tertiary/aromatic N) is 1. The number of carbonyl (C=O) groups excluding carboxylic acids is 5. The van der Waals surface area contributed by atoms with E-state index in [1.807, 2.05) is 0 Å². The summed E-state index contributed by atoms with van der Waals surface area (Å²) < 4.78 is 5.55. The molecule has 1 atom stereocenters. The first-order valence-corrected chi connectivity index (χ1v) is 10.9. The Bertz CT molecular complexity index is 916. The fourth-order valence-electron chi connectivity index (χ4n) is 3.84. The normalized spacial score (nSPS) is 18.3. The summed E-state index contributed by atoms with van der Waals surface area (Å²) in [4.78, 5) is 62.9. The zero-order valence-electron chi connectivity index (χ0n) is 17.9. The molecule has 1 aromatic carbocycles. The molecule has 5 amide bonds. The molecule has 1 unspecified atom stereocenters. The van der Waals surface area contributed by atoms with Crippen LogP contribution < -0.4 is 21.1 Å². The number of ether oxygens (including phenoxy) is 1. The van der Waals surface area contributed by atoms with Gasteiger partial charge in [-0.05, 0) is 44.4 Å². The van der Waals surface area contributed by atoms with E-state index in [-0.39, 0.29) is 42.2 Å². The van der Waals surface area contributed by atoms with E-state index in [1.165, 1.54) is 12.1 Å². The average molecular weight is 444 g/mol. The molecule has 0 saturated carbocycles. The fraction of sp³-hybridized carbons (Fsp3) is 0.500. The van der Waals surface area contributed by atoms with Gasteiger partial charge in [0.1, 0.15) is 11.8 Å². The van der Waals surface area contributed by atoms with E-state index in [4.69, 9.17) is 10.5 Å². The number of fused-ring (bicyclic) bond motifs is 1. The Morgan fingerprint density at radius 3 is 2.69 bits per heavy atom. The molecule has 1 aromatic rings. The van der Waals surface area contributed by atoms with Gasteiger partial charge in [-0.25, -0.2) is 0 Å². The molecule has 4 N–H and O–H groups in total. The highest BCUT2D eigenvalue weighted by atomic mass is 16.5. The Labute approximate surface area is 185 Å². The zero-order chi connectivity index (χ0) is 23.1. The number of carbonyl (C=O) groups is 5. The lowest BCUT2D eigenvalue weighted by atomic mass is 10.1. The predicted octanol–water partition coefficient (Wildman–Crippen LogP) is 0.492. The Morgan fingerprint density at radius 1 is 1.12 bits per heavy atom. The van der Waals surface area contributed by atoms with Gasteiger partial charge in [0, 0.05) is 13.0 Å². The molecular formula is C22H28N4O6. The number of unbranched alkanes of at least 4 members (excludes halogenated alkanes) is 3. The van der Waals surface area contributed by atoms with Gasteiger partial charge >= 0.3 is 0 Å². The maximum absolute atomic E-state index is 13.1. The Morgan fingerprint density at radius 2 is 1.91 bits per heavy atom. The summed E-state index contributed by atoms with van der Waals surface area (Å²) in [5, 5.41) is 4.97. The molecule has 2 heterocycles. The van der Waals surface area contributed by atoms with Crippen LogP contribution in [-0.4, -0.2) is 60.2 Å². The molecule has 10 heteroatoms. The van der Waals surface area contributed by atoms with Crippen molar-refractivity contribution in [1.29, 1.82) is 0 Å². The minimum atomic E-state index is -1.07. The summed E-state index contributed by atoms with van der Waals surface area (Å²) in [6.45, 7) is 0.864. The van der Waals surface area contributed by atoms with Crippen LogP contribution in [0.5, 0.6) is 5.75 Å². The highest BCUT2D eigenvalue weighted by Gasteiger charge is 2.45. The van der Waals surface area contributed by atoms with E-state index in [0.717, 1.165) is 30.6 Å². The summed E-state index contributed by atoms with van der Waals surface area (Å²) in [6.07, 6.45) is 4.51. The third-order valence-electron chi connectivity index (χ3n) is 5.48. The lowest BCUT2D eigenvalue weighted by molar-refractivity contribution is -0.131. The largest absolute Gasteiger partial charge is 0.483 e. The van der Waals surface area contributed by atoms with Gasteiger partial charge in [0.05, 0.1) is 11.1 Å². The summed E-state index contributed by atoms with van der Waals surface area (Å²) >= 11 is 0. The summed E-state index contributed by atoms with van der Waals surface area (Å²) in [5.41, 5.74) is 5.58. The molecule has 0 aliphatic carbocycles. The fourth-order valence-corrected chi connectivity index (χ4v) is 3.84. The van der Waals surface area contributed by atoms with Crippen LogP contribution in [0.2, 0.25) is 0 Å². The molecule has 3 rings (SSSR count). The van der Waals surface area contributed by atoms with Gasteiger partial charge in [-0.3, -0.25) is 34.2 Å². The molecule has 1 saturated heterocycles. The number of benzene rings is 1. The second kappa shape index (κ2) is 10.9. The van der Waals surface area contributed by atoms with E-state index < -0.39 is 29.7 Å². The second-order valence-corrected chi connectivity index (χ2v) is 7.82. The van der Waals surface area contributed by atoms with Gasteiger partial charge in [-0.2, -0.15) is 0 Å². The molecule has 10 nitrogen and oxygen atoms in total. The molecule has 172 valence electrons. The molecule has 0 aromatic heterocycles. The quantitative estimate of drug-likeness (QED) is 0.351. The Kier molecular flexibility index (Phi) is 7.93. The third-order valence-corrected chi connectivity index (χ3v) is 5.48. The molecular weight excluding hydrogens is 416 g/mol. The zero-order valence-corrected chi connectivity index (χ0v) is 17.9. The molecule has 0 radical (unpaired) electrons. The van der Waals surface area contributed by atoms with Crippen LogP contribution in [0.1, 0.15) is 65.7 Å².